The van der Waals surface area contributed by atoms with Crippen molar-refractivity contribution in [3.63, 3.8) is 0 Å². The third kappa shape index (κ3) is 5.61. The van der Waals surface area contributed by atoms with Crippen LogP contribution in [0.5, 0.6) is 0 Å². The number of aliphatic carboxylic acids is 1. The second-order valence-corrected chi connectivity index (χ2v) is 9.67. The van der Waals surface area contributed by atoms with Gasteiger partial charge < -0.3 is 10.4 Å². The first-order valence-electron chi connectivity index (χ1n) is 12.4. The molecule has 2 aromatic carbocycles. The first kappa shape index (κ1) is 24.8. The van der Waals surface area contributed by atoms with Gasteiger partial charge in [0.25, 0.3) is 11.7 Å². The second-order valence-electron chi connectivity index (χ2n) is 9.67. The molecule has 0 atom stereocenters. The summed E-state index contributed by atoms with van der Waals surface area (Å²) < 4.78 is 27.7. The largest absolute Gasteiger partial charge is 0.481 e. The maximum Gasteiger partial charge on any atom is 0.303 e. The lowest BCUT2D eigenvalue weighted by Crippen LogP contribution is -2.41. The Balaban J connectivity index is 1.17. The van der Waals surface area contributed by atoms with Crippen molar-refractivity contribution in [2.45, 2.75) is 44.6 Å². The third-order valence-electron chi connectivity index (χ3n) is 7.24. The first-order valence-corrected chi connectivity index (χ1v) is 12.4. The molecule has 0 unspecified atom stereocenters. The van der Waals surface area contributed by atoms with Crippen molar-refractivity contribution in [1.82, 2.24) is 10.2 Å². The highest BCUT2D eigenvalue weighted by Crippen LogP contribution is 2.37. The molecule has 5 rings (SSSR count). The highest BCUT2D eigenvalue weighted by atomic mass is 19.1. The average Bonchev–Trinajstić information content (AvgIpc) is 3.32. The van der Waals surface area contributed by atoms with Crippen molar-refractivity contribution in [2.75, 3.05) is 11.6 Å². The van der Waals surface area contributed by atoms with E-state index < -0.39 is 23.5 Å². The zero-order valence-corrected chi connectivity index (χ0v) is 20.2. The molecule has 1 saturated carbocycles. The molecular formula is C28H28F2N4O3+. The van der Waals surface area contributed by atoms with E-state index in [0.717, 1.165) is 43.5 Å². The standard InChI is InChI=1S/C28H28F2N4O3/c29-23-2-1-3-24(30)22(23)15-31-28(37)25-16-34-17-33(13-12-26(34)32-25)21-10-8-20(9-11-21)19-6-4-18(5-7-19)14-27(35)36/h1-3,8-13,16,18-19H,4-7,14-15,17H2,(H,31,37)(H,35,36)/q+1. The predicted octanol–water partition coefficient (Wildman–Crippen LogP) is 4.71. The quantitative estimate of drug-likeness (QED) is 0.533. The fourth-order valence-electron chi connectivity index (χ4n) is 5.17. The van der Waals surface area contributed by atoms with Crippen LogP contribution in [-0.4, -0.2) is 29.5 Å². The van der Waals surface area contributed by atoms with Gasteiger partial charge in [-0.3, -0.25) is 14.5 Å². The topological polar surface area (TPSA) is 87.9 Å². The Bertz CT molecular complexity index is 1260. The number of anilines is 1. The number of carboxylic acids is 1. The Hall–Kier alpha value is -3.85. The van der Waals surface area contributed by atoms with E-state index in [0.29, 0.717) is 18.4 Å². The van der Waals surface area contributed by atoms with Gasteiger partial charge >= 0.3 is 5.97 Å². The van der Waals surface area contributed by atoms with E-state index in [-0.39, 0.29) is 30.1 Å². The lowest BCUT2D eigenvalue weighted by molar-refractivity contribution is -0.138. The maximum absolute atomic E-state index is 13.8. The van der Waals surface area contributed by atoms with Crippen LogP contribution in [-0.2, 0) is 16.1 Å². The zero-order valence-electron chi connectivity index (χ0n) is 20.2. The molecule has 0 saturated heterocycles. The molecule has 0 bridgehead atoms. The van der Waals surface area contributed by atoms with E-state index in [1.165, 1.54) is 11.6 Å². The minimum atomic E-state index is -0.714. The number of nitrogens with zero attached hydrogens (tertiary/aromatic N) is 3. The van der Waals surface area contributed by atoms with Gasteiger partial charge in [-0.1, -0.05) is 23.1 Å². The smallest absolute Gasteiger partial charge is 0.303 e. The van der Waals surface area contributed by atoms with Crippen LogP contribution in [0, 0.1) is 17.6 Å². The first-order chi connectivity index (χ1) is 17.9. The van der Waals surface area contributed by atoms with E-state index in [2.05, 4.69) is 34.6 Å². The number of nitrogens with one attached hydrogen (secondary N) is 1. The van der Waals surface area contributed by atoms with Gasteiger partial charge in [0.1, 0.15) is 11.6 Å². The molecule has 1 fully saturated rings. The van der Waals surface area contributed by atoms with E-state index >= 15 is 0 Å². The van der Waals surface area contributed by atoms with Gasteiger partial charge in [0.05, 0.1) is 0 Å². The summed E-state index contributed by atoms with van der Waals surface area (Å²) in [5.74, 6) is -1.28. The number of carboxylic acid groups (broad SMARTS) is 1. The fraction of sp³-hybridized carbons (Fsp3) is 0.321. The number of amides is 1. The van der Waals surface area contributed by atoms with Crippen LogP contribution in [0.2, 0.25) is 0 Å². The van der Waals surface area contributed by atoms with Gasteiger partial charge in [0.2, 0.25) is 6.67 Å². The van der Waals surface area contributed by atoms with Crippen molar-refractivity contribution >= 4 is 23.4 Å². The molecule has 2 heterocycles. The van der Waals surface area contributed by atoms with Crippen molar-refractivity contribution in [2.24, 2.45) is 10.9 Å². The number of benzene rings is 2. The summed E-state index contributed by atoms with van der Waals surface area (Å²) in [6.45, 7) is 0.197. The number of hydrogen-bond donors (Lipinski definition) is 2. The van der Waals surface area contributed by atoms with Crippen LogP contribution >= 0.6 is 0 Å². The molecule has 191 valence electrons. The van der Waals surface area contributed by atoms with E-state index in [1.54, 1.807) is 6.20 Å². The number of aliphatic imine (C=N–C) groups is 1. The van der Waals surface area contributed by atoms with Crippen molar-refractivity contribution in [3.8, 4) is 0 Å². The lowest BCUT2D eigenvalue weighted by Gasteiger charge is -2.28. The van der Waals surface area contributed by atoms with Crippen LogP contribution in [0.15, 0.2) is 71.6 Å². The van der Waals surface area contributed by atoms with Gasteiger partial charge in [-0.25, -0.2) is 8.78 Å². The second kappa shape index (κ2) is 10.6. The number of fused-ring (bicyclic) bond motifs is 1. The predicted molar refractivity (Wildman–Crippen MR) is 136 cm³/mol. The molecule has 1 amide bonds. The van der Waals surface area contributed by atoms with Crippen molar-refractivity contribution < 1.29 is 23.5 Å². The minimum absolute atomic E-state index is 0.173. The molecule has 0 spiro atoms. The Morgan fingerprint density at radius 2 is 1.76 bits per heavy atom. The summed E-state index contributed by atoms with van der Waals surface area (Å²) in [6, 6.07) is 12.0. The number of carbonyl (C=O) groups excluding carboxylic acids is 1. The molecule has 9 heteroatoms. The van der Waals surface area contributed by atoms with Gasteiger partial charge in [0.15, 0.2) is 11.9 Å². The molecule has 7 nitrogen and oxygen atoms in total. The number of carbonyl (C=O) groups is 2. The molecule has 37 heavy (non-hydrogen) atoms. The van der Waals surface area contributed by atoms with Crippen molar-refractivity contribution in [3.05, 3.63) is 89.4 Å². The maximum atomic E-state index is 13.8. The van der Waals surface area contributed by atoms with Gasteiger partial charge in [-0.05, 0) is 67.3 Å². The zero-order chi connectivity index (χ0) is 25.9. The van der Waals surface area contributed by atoms with Gasteiger partial charge in [0, 0.05) is 36.5 Å². The normalized spacial score (nSPS) is 21.3. The summed E-state index contributed by atoms with van der Waals surface area (Å²) in [6.07, 6.45) is 9.52. The van der Waals surface area contributed by atoms with E-state index in [9.17, 15) is 18.4 Å². The van der Waals surface area contributed by atoms with Crippen LogP contribution in [0.4, 0.5) is 14.5 Å². The molecular weight excluding hydrogens is 478 g/mol. The minimum Gasteiger partial charge on any atom is -0.481 e. The Kier molecular flexibility index (Phi) is 7.14. The lowest BCUT2D eigenvalue weighted by atomic mass is 9.77. The highest BCUT2D eigenvalue weighted by Gasteiger charge is 2.35. The molecule has 2 aliphatic heterocycles. The van der Waals surface area contributed by atoms with E-state index in [1.807, 2.05) is 22.1 Å². The van der Waals surface area contributed by atoms with Gasteiger partial charge in [-0.2, -0.15) is 4.99 Å². The number of rotatable bonds is 7. The van der Waals surface area contributed by atoms with Crippen LogP contribution in [0.25, 0.3) is 0 Å². The van der Waals surface area contributed by atoms with Crippen LogP contribution in [0.1, 0.15) is 49.1 Å². The highest BCUT2D eigenvalue weighted by molar-refractivity contribution is 6.06. The number of halogens is 2. The van der Waals surface area contributed by atoms with E-state index in [4.69, 9.17) is 5.11 Å². The monoisotopic (exact) mass is 506 g/mol. The van der Waals surface area contributed by atoms with Crippen molar-refractivity contribution in [1.29, 1.82) is 0 Å². The summed E-state index contributed by atoms with van der Waals surface area (Å²) in [5, 5.41) is 11.6. The summed E-state index contributed by atoms with van der Waals surface area (Å²) in [4.78, 5) is 31.8. The molecule has 3 aliphatic rings. The SMILES string of the molecule is O=C(O)CC1CCC(c2ccc(N3C=CC4=NC(C(=O)NCc5c(F)cccc5F)=C[N+]4C3)cc2)CC1. The van der Waals surface area contributed by atoms with Gasteiger partial charge in [-0.15, -0.1) is 0 Å². The number of amidine groups is 1. The summed E-state index contributed by atoms with van der Waals surface area (Å²) >= 11 is 0. The van der Waals surface area contributed by atoms with Crippen LogP contribution < -0.4 is 15.1 Å². The Labute approximate surface area is 213 Å². The Morgan fingerprint density at radius 3 is 2.43 bits per heavy atom. The molecule has 1 radical (unpaired) electrons. The Morgan fingerprint density at radius 1 is 1.05 bits per heavy atom. The number of hydrogen-bond acceptors (Lipinski definition) is 5. The molecule has 2 aromatic rings. The average molecular weight is 507 g/mol. The molecule has 0 aromatic heterocycles. The third-order valence-corrected chi connectivity index (χ3v) is 7.24. The molecule has 1 aliphatic carbocycles. The summed E-state index contributed by atoms with van der Waals surface area (Å²) in [7, 11) is 0. The van der Waals surface area contributed by atoms with Crippen LogP contribution in [0.3, 0.4) is 0 Å². The fourth-order valence-corrected chi connectivity index (χ4v) is 5.17. The summed E-state index contributed by atoms with van der Waals surface area (Å²) in [5.41, 5.74) is 2.25. The molecule has 2 N–H and O–H groups in total.